The van der Waals surface area contributed by atoms with E-state index in [2.05, 4.69) is 34.4 Å². The smallest absolute Gasteiger partial charge is 0.329 e. The first-order valence-electron chi connectivity index (χ1n) is 8.06. The number of ether oxygens (including phenoxy) is 2. The van der Waals surface area contributed by atoms with E-state index in [1.54, 1.807) is 6.08 Å². The average molecular weight is 410 g/mol. The number of alkyl halides is 1. The molecule has 0 bridgehead atoms. The van der Waals surface area contributed by atoms with Crippen molar-refractivity contribution in [3.05, 3.63) is 55.1 Å². The molecular formula is C19H24BrNO4. The van der Waals surface area contributed by atoms with Gasteiger partial charge in [0, 0.05) is 18.2 Å². The zero-order valence-corrected chi connectivity index (χ0v) is 15.8. The van der Waals surface area contributed by atoms with Crippen molar-refractivity contribution in [1.29, 1.82) is 0 Å². The lowest BCUT2D eigenvalue weighted by Gasteiger charge is -2.18. The summed E-state index contributed by atoms with van der Waals surface area (Å²) in [5.41, 5.74) is 0.864. The van der Waals surface area contributed by atoms with Crippen LogP contribution in [0.3, 0.4) is 0 Å². The molecule has 0 unspecified atom stereocenters. The fourth-order valence-electron chi connectivity index (χ4n) is 2.08. The quantitative estimate of drug-likeness (QED) is 0.327. The molecule has 5 nitrogen and oxygen atoms in total. The van der Waals surface area contributed by atoms with Crippen LogP contribution < -0.4 is 10.1 Å². The van der Waals surface area contributed by atoms with Gasteiger partial charge in [-0.1, -0.05) is 53.4 Å². The molecule has 25 heavy (non-hydrogen) atoms. The Morgan fingerprint density at radius 1 is 1.24 bits per heavy atom. The summed E-state index contributed by atoms with van der Waals surface area (Å²) in [6, 6.07) is 6.62. The van der Waals surface area contributed by atoms with Gasteiger partial charge in [-0.3, -0.25) is 4.79 Å². The molecule has 0 aliphatic rings. The number of carbonyl (C=O) groups excluding carboxylic acids is 2. The van der Waals surface area contributed by atoms with Crippen LogP contribution in [0, 0.1) is 0 Å². The third-order valence-corrected chi connectivity index (χ3v) is 3.77. The van der Waals surface area contributed by atoms with Crippen LogP contribution in [0.4, 0.5) is 0 Å². The summed E-state index contributed by atoms with van der Waals surface area (Å²) in [5, 5.41) is 3.48. The van der Waals surface area contributed by atoms with Crippen LogP contribution in [0.1, 0.15) is 18.4 Å². The Balaban J connectivity index is 2.80. The highest BCUT2D eigenvalue weighted by Gasteiger charge is 2.22. The lowest BCUT2D eigenvalue weighted by Crippen LogP contribution is -2.43. The zero-order chi connectivity index (χ0) is 18.5. The van der Waals surface area contributed by atoms with E-state index in [9.17, 15) is 9.59 Å². The largest absolute Gasteiger partial charge is 0.490 e. The van der Waals surface area contributed by atoms with Gasteiger partial charge in [-0.05, 0) is 24.1 Å². The van der Waals surface area contributed by atoms with Gasteiger partial charge in [-0.2, -0.15) is 0 Å². The van der Waals surface area contributed by atoms with Crippen molar-refractivity contribution in [2.45, 2.75) is 25.3 Å². The number of esters is 1. The van der Waals surface area contributed by atoms with Gasteiger partial charge in [0.15, 0.2) is 0 Å². The summed E-state index contributed by atoms with van der Waals surface area (Å²) in [6.45, 7) is 7.64. The maximum Gasteiger partial charge on any atom is 0.329 e. The first-order valence-corrected chi connectivity index (χ1v) is 9.18. The number of hydrogen-bond donors (Lipinski definition) is 1. The first-order chi connectivity index (χ1) is 12.1. The van der Waals surface area contributed by atoms with Gasteiger partial charge in [-0.15, -0.1) is 0 Å². The minimum Gasteiger partial charge on any atom is -0.490 e. The van der Waals surface area contributed by atoms with E-state index in [0.29, 0.717) is 31.6 Å². The molecular weight excluding hydrogens is 386 g/mol. The van der Waals surface area contributed by atoms with E-state index in [1.165, 1.54) is 6.08 Å². The standard InChI is InChI=1S/C19H24BrNO4/c1-3-11-24-16-8-5-7-15(13-16)14-17(19(23)25-12-4-2)21-18(22)9-6-10-20/h3-5,7-8,13,17H,1-2,6,9-12,14H2,(H,21,22)/t17-/m0/s1. The van der Waals surface area contributed by atoms with Crippen LogP contribution in [-0.2, 0) is 20.7 Å². The second-order valence-corrected chi connectivity index (χ2v) is 6.08. The van der Waals surface area contributed by atoms with Crippen molar-refractivity contribution >= 4 is 27.8 Å². The summed E-state index contributed by atoms with van der Waals surface area (Å²) in [4.78, 5) is 24.2. The molecule has 0 saturated heterocycles. The highest BCUT2D eigenvalue weighted by Crippen LogP contribution is 2.15. The molecule has 0 aromatic heterocycles. The molecule has 1 aromatic carbocycles. The second-order valence-electron chi connectivity index (χ2n) is 5.28. The second kappa shape index (κ2) is 12.3. The van der Waals surface area contributed by atoms with Crippen molar-refractivity contribution in [2.24, 2.45) is 0 Å². The maximum atomic E-state index is 12.2. The van der Waals surface area contributed by atoms with Crippen LogP contribution >= 0.6 is 15.9 Å². The normalized spacial score (nSPS) is 11.2. The third kappa shape index (κ3) is 8.54. The predicted octanol–water partition coefficient (Wildman–Crippen LogP) is 3.18. The molecule has 1 atom stereocenters. The van der Waals surface area contributed by atoms with Crippen LogP contribution in [0.2, 0.25) is 0 Å². The summed E-state index contributed by atoms with van der Waals surface area (Å²) in [5.74, 6) is 0.0183. The number of carbonyl (C=O) groups is 2. The number of nitrogens with one attached hydrogen (secondary N) is 1. The minimum atomic E-state index is -0.752. The minimum absolute atomic E-state index is 0.106. The highest BCUT2D eigenvalue weighted by atomic mass is 79.9. The Morgan fingerprint density at radius 3 is 2.68 bits per heavy atom. The highest BCUT2D eigenvalue weighted by molar-refractivity contribution is 9.09. The average Bonchev–Trinajstić information content (AvgIpc) is 2.62. The lowest BCUT2D eigenvalue weighted by atomic mass is 10.1. The van der Waals surface area contributed by atoms with Crippen LogP contribution in [0.15, 0.2) is 49.6 Å². The number of benzene rings is 1. The van der Waals surface area contributed by atoms with Gasteiger partial charge in [0.2, 0.25) is 5.91 Å². The van der Waals surface area contributed by atoms with Gasteiger partial charge in [0.25, 0.3) is 0 Å². The predicted molar refractivity (Wildman–Crippen MR) is 102 cm³/mol. The Morgan fingerprint density at radius 2 is 2.00 bits per heavy atom. The fraction of sp³-hybridized carbons (Fsp3) is 0.368. The van der Waals surface area contributed by atoms with E-state index in [1.807, 2.05) is 24.3 Å². The monoisotopic (exact) mass is 409 g/mol. The van der Waals surface area contributed by atoms with Crippen molar-refractivity contribution in [1.82, 2.24) is 5.32 Å². The number of rotatable bonds is 12. The van der Waals surface area contributed by atoms with E-state index in [4.69, 9.17) is 9.47 Å². The van der Waals surface area contributed by atoms with Gasteiger partial charge < -0.3 is 14.8 Å². The van der Waals surface area contributed by atoms with Gasteiger partial charge in [-0.25, -0.2) is 4.79 Å². The van der Waals surface area contributed by atoms with Crippen LogP contribution in [0.25, 0.3) is 0 Å². The molecule has 136 valence electrons. The van der Waals surface area contributed by atoms with Crippen LogP contribution in [-0.4, -0.2) is 36.5 Å². The summed E-state index contributed by atoms with van der Waals surface area (Å²) < 4.78 is 10.6. The molecule has 0 aliphatic heterocycles. The Bertz CT molecular complexity index is 589. The number of amides is 1. The molecule has 0 heterocycles. The van der Waals surface area contributed by atoms with E-state index in [0.717, 1.165) is 10.9 Å². The molecule has 1 amide bonds. The zero-order valence-electron chi connectivity index (χ0n) is 14.2. The Labute approximate surface area is 157 Å². The van der Waals surface area contributed by atoms with Crippen LogP contribution in [0.5, 0.6) is 5.75 Å². The van der Waals surface area contributed by atoms with Gasteiger partial charge in [0.05, 0.1) is 0 Å². The molecule has 0 saturated carbocycles. The van der Waals surface area contributed by atoms with Crippen molar-refractivity contribution in [2.75, 3.05) is 18.5 Å². The summed E-state index contributed by atoms with van der Waals surface area (Å²) >= 11 is 3.29. The molecule has 0 spiro atoms. The van der Waals surface area contributed by atoms with Crippen molar-refractivity contribution in [3.8, 4) is 5.75 Å². The number of hydrogen-bond acceptors (Lipinski definition) is 4. The molecule has 0 fully saturated rings. The summed E-state index contributed by atoms with van der Waals surface area (Å²) in [6.07, 6.45) is 4.52. The molecule has 0 aliphatic carbocycles. The fourth-order valence-corrected chi connectivity index (χ4v) is 2.36. The lowest BCUT2D eigenvalue weighted by molar-refractivity contribution is -0.146. The van der Waals surface area contributed by atoms with E-state index < -0.39 is 12.0 Å². The third-order valence-electron chi connectivity index (χ3n) is 3.21. The summed E-state index contributed by atoms with van der Waals surface area (Å²) in [7, 11) is 0. The topological polar surface area (TPSA) is 64.6 Å². The molecule has 1 N–H and O–H groups in total. The van der Waals surface area contributed by atoms with Gasteiger partial charge >= 0.3 is 5.97 Å². The Kier molecular flexibility index (Phi) is 10.3. The molecule has 6 heteroatoms. The Hall–Kier alpha value is -2.08. The van der Waals surface area contributed by atoms with Crippen molar-refractivity contribution in [3.63, 3.8) is 0 Å². The molecule has 1 aromatic rings. The van der Waals surface area contributed by atoms with E-state index in [-0.39, 0.29) is 12.5 Å². The van der Waals surface area contributed by atoms with E-state index >= 15 is 0 Å². The first kappa shape index (κ1) is 21.0. The SMILES string of the molecule is C=CCOC(=O)[C@H](Cc1cccc(OCC=C)c1)NC(=O)CCCBr. The number of halogens is 1. The maximum absolute atomic E-state index is 12.2. The molecule has 1 rings (SSSR count). The van der Waals surface area contributed by atoms with Gasteiger partial charge in [0.1, 0.15) is 25.0 Å². The molecule has 0 radical (unpaired) electrons. The van der Waals surface area contributed by atoms with Crippen molar-refractivity contribution < 1.29 is 19.1 Å².